The highest BCUT2D eigenvalue weighted by Crippen LogP contribution is 2.90. The van der Waals surface area contributed by atoms with Crippen LogP contribution in [0.15, 0.2) is 0 Å². The predicted octanol–water partition coefficient (Wildman–Crippen LogP) is 5.38. The smallest absolute Gasteiger partial charge is 0.0173 e. The first-order valence-corrected chi connectivity index (χ1v) is 8.40. The molecule has 3 aliphatic carbocycles. The summed E-state index contributed by atoms with van der Waals surface area (Å²) in [6.45, 7) is 15.0. The van der Waals surface area contributed by atoms with Gasteiger partial charge < -0.3 is 0 Å². The lowest BCUT2D eigenvalue weighted by atomic mass is 9.58. The molecule has 18 heavy (non-hydrogen) atoms. The molecule has 7 atom stereocenters. The Morgan fingerprint density at radius 2 is 1.83 bits per heavy atom. The van der Waals surface area contributed by atoms with E-state index < -0.39 is 0 Å². The van der Waals surface area contributed by atoms with E-state index in [0.29, 0.717) is 0 Å². The molecule has 0 aromatic rings. The van der Waals surface area contributed by atoms with Crippen molar-refractivity contribution in [3.05, 3.63) is 0 Å². The first kappa shape index (κ1) is 13.0. The first-order valence-electron chi connectivity index (χ1n) is 8.40. The minimum absolute atomic E-state index is 0.723. The largest absolute Gasteiger partial charge is 0.0654 e. The van der Waals surface area contributed by atoms with Crippen molar-refractivity contribution in [2.24, 2.45) is 46.3 Å². The summed E-state index contributed by atoms with van der Waals surface area (Å²) in [7, 11) is 0. The summed E-state index contributed by atoms with van der Waals surface area (Å²) in [5.41, 5.74) is 1.52. The van der Waals surface area contributed by atoms with Crippen LogP contribution in [0.5, 0.6) is 0 Å². The van der Waals surface area contributed by atoms with Gasteiger partial charge in [-0.1, -0.05) is 48.0 Å². The number of rotatable bonds is 4. The van der Waals surface area contributed by atoms with Gasteiger partial charge in [-0.15, -0.1) is 0 Å². The van der Waals surface area contributed by atoms with Crippen LogP contribution < -0.4 is 0 Å². The van der Waals surface area contributed by atoms with Gasteiger partial charge in [-0.3, -0.25) is 0 Å². The predicted molar refractivity (Wildman–Crippen MR) is 78.3 cm³/mol. The van der Waals surface area contributed by atoms with Crippen LogP contribution in [0, 0.1) is 46.3 Å². The van der Waals surface area contributed by atoms with Crippen LogP contribution in [0.4, 0.5) is 0 Å². The average Bonchev–Trinajstić information content (AvgIpc) is 2.80. The van der Waals surface area contributed by atoms with Crippen LogP contribution in [-0.2, 0) is 0 Å². The van der Waals surface area contributed by atoms with Crippen LogP contribution in [0.25, 0.3) is 0 Å². The molecule has 0 N–H and O–H groups in total. The van der Waals surface area contributed by atoms with Crippen molar-refractivity contribution >= 4 is 0 Å². The molecule has 3 aliphatic rings. The molecule has 0 radical (unpaired) electrons. The third kappa shape index (κ3) is 1.23. The Kier molecular flexibility index (Phi) is 2.72. The summed E-state index contributed by atoms with van der Waals surface area (Å²) in [6.07, 6.45) is 5.98. The van der Waals surface area contributed by atoms with Gasteiger partial charge in [0.2, 0.25) is 0 Å². The van der Waals surface area contributed by atoms with E-state index in [9.17, 15) is 0 Å². The number of hydrogen-bond donors (Lipinski definition) is 0. The Labute approximate surface area is 114 Å². The maximum Gasteiger partial charge on any atom is -0.0173 e. The third-order valence-corrected chi connectivity index (χ3v) is 7.67. The highest BCUT2D eigenvalue weighted by molar-refractivity contribution is 5.32. The normalized spacial score (nSPS) is 54.8. The fourth-order valence-electron chi connectivity index (χ4n) is 6.66. The van der Waals surface area contributed by atoms with Crippen LogP contribution in [0.2, 0.25) is 0 Å². The van der Waals surface area contributed by atoms with Gasteiger partial charge in [-0.05, 0) is 65.6 Å². The lowest BCUT2D eigenvalue weighted by Gasteiger charge is -2.46. The van der Waals surface area contributed by atoms with E-state index in [1.165, 1.54) is 12.8 Å². The maximum atomic E-state index is 2.65. The van der Waals surface area contributed by atoms with Crippen molar-refractivity contribution < 1.29 is 0 Å². The molecular formula is C18H32. The molecule has 0 bridgehead atoms. The van der Waals surface area contributed by atoms with E-state index in [4.69, 9.17) is 0 Å². The third-order valence-electron chi connectivity index (χ3n) is 7.67. The van der Waals surface area contributed by atoms with Gasteiger partial charge in [0.15, 0.2) is 0 Å². The second-order valence-electron chi connectivity index (χ2n) is 8.47. The summed E-state index contributed by atoms with van der Waals surface area (Å²) in [5, 5.41) is 0. The molecule has 0 heterocycles. The molecule has 0 aliphatic heterocycles. The lowest BCUT2D eigenvalue weighted by Crippen LogP contribution is -2.40. The SMILES string of the molecule is CCCC1C(C)CC23C(CC12C)C3C(C)C(C)C. The summed E-state index contributed by atoms with van der Waals surface area (Å²) in [5.74, 6) is 6.03. The van der Waals surface area contributed by atoms with Crippen molar-refractivity contribution in [1.29, 1.82) is 0 Å². The van der Waals surface area contributed by atoms with Crippen LogP contribution in [-0.4, -0.2) is 0 Å². The Morgan fingerprint density at radius 1 is 1.17 bits per heavy atom. The van der Waals surface area contributed by atoms with E-state index in [1.54, 1.807) is 12.8 Å². The zero-order valence-corrected chi connectivity index (χ0v) is 13.3. The zero-order chi connectivity index (χ0) is 13.3. The molecule has 0 amide bonds. The van der Waals surface area contributed by atoms with Gasteiger partial charge >= 0.3 is 0 Å². The quantitative estimate of drug-likeness (QED) is 0.627. The van der Waals surface area contributed by atoms with Gasteiger partial charge in [0.05, 0.1) is 0 Å². The zero-order valence-electron chi connectivity index (χ0n) is 13.3. The monoisotopic (exact) mass is 248 g/mol. The van der Waals surface area contributed by atoms with Gasteiger partial charge in [0, 0.05) is 0 Å². The van der Waals surface area contributed by atoms with Gasteiger partial charge in [-0.25, -0.2) is 0 Å². The Balaban J connectivity index is 1.83. The molecule has 0 saturated heterocycles. The standard InChI is InChI=1S/C18H32/c1-7-8-14-12(4)9-18-15(10-17(14,18)6)16(18)13(5)11(2)3/h11-16H,7-10H2,1-6H3. The Morgan fingerprint density at radius 3 is 2.39 bits per heavy atom. The van der Waals surface area contributed by atoms with Crippen molar-refractivity contribution in [1.82, 2.24) is 0 Å². The molecule has 1 spiro atoms. The summed E-state index contributed by atoms with van der Waals surface area (Å²) in [4.78, 5) is 0. The van der Waals surface area contributed by atoms with Crippen molar-refractivity contribution in [3.8, 4) is 0 Å². The molecule has 0 aromatic heterocycles. The lowest BCUT2D eigenvalue weighted by molar-refractivity contribution is 0.0152. The van der Waals surface area contributed by atoms with Crippen LogP contribution in [0.1, 0.15) is 67.2 Å². The minimum Gasteiger partial charge on any atom is -0.0654 e. The first-order chi connectivity index (χ1) is 8.40. The van der Waals surface area contributed by atoms with Crippen molar-refractivity contribution in [2.75, 3.05) is 0 Å². The van der Waals surface area contributed by atoms with E-state index in [0.717, 1.165) is 46.3 Å². The Bertz CT molecular complexity index is 344. The second kappa shape index (κ2) is 3.76. The topological polar surface area (TPSA) is 0 Å². The highest BCUT2D eigenvalue weighted by Gasteiger charge is 2.85. The molecule has 0 nitrogen and oxygen atoms in total. The molecule has 0 heteroatoms. The summed E-state index contributed by atoms with van der Waals surface area (Å²) in [6, 6.07) is 0. The van der Waals surface area contributed by atoms with E-state index in [-0.39, 0.29) is 0 Å². The minimum atomic E-state index is 0.723. The average molecular weight is 248 g/mol. The molecule has 3 fully saturated rings. The summed E-state index contributed by atoms with van der Waals surface area (Å²) < 4.78 is 0. The van der Waals surface area contributed by atoms with Gasteiger partial charge in [-0.2, -0.15) is 0 Å². The van der Waals surface area contributed by atoms with E-state index in [2.05, 4.69) is 41.5 Å². The molecular weight excluding hydrogens is 216 g/mol. The molecule has 3 rings (SSSR count). The van der Waals surface area contributed by atoms with Crippen LogP contribution >= 0.6 is 0 Å². The fraction of sp³-hybridized carbons (Fsp3) is 1.00. The van der Waals surface area contributed by atoms with Crippen molar-refractivity contribution in [3.63, 3.8) is 0 Å². The summed E-state index contributed by atoms with van der Waals surface area (Å²) >= 11 is 0. The molecule has 104 valence electrons. The van der Waals surface area contributed by atoms with E-state index >= 15 is 0 Å². The van der Waals surface area contributed by atoms with Gasteiger partial charge in [0.25, 0.3) is 0 Å². The van der Waals surface area contributed by atoms with Crippen molar-refractivity contribution in [2.45, 2.75) is 67.2 Å². The maximum absolute atomic E-state index is 2.65. The molecule has 7 unspecified atom stereocenters. The second-order valence-corrected chi connectivity index (χ2v) is 8.47. The fourth-order valence-corrected chi connectivity index (χ4v) is 6.66. The van der Waals surface area contributed by atoms with Gasteiger partial charge in [0.1, 0.15) is 0 Å². The number of hydrogen-bond acceptors (Lipinski definition) is 0. The molecule has 3 saturated carbocycles. The van der Waals surface area contributed by atoms with E-state index in [1.807, 2.05) is 0 Å². The Hall–Kier alpha value is 0. The molecule has 0 aromatic carbocycles. The van der Waals surface area contributed by atoms with Crippen LogP contribution in [0.3, 0.4) is 0 Å². The highest BCUT2D eigenvalue weighted by atomic mass is 14.9.